The van der Waals surface area contributed by atoms with E-state index in [0.29, 0.717) is 22.3 Å². The first-order chi connectivity index (χ1) is 11.1. The van der Waals surface area contributed by atoms with Crippen LogP contribution in [0.5, 0.6) is 17.2 Å². The molecule has 23 heavy (non-hydrogen) atoms. The molecule has 0 spiro atoms. The Morgan fingerprint density at radius 3 is 2.30 bits per heavy atom. The van der Waals surface area contributed by atoms with Gasteiger partial charge in [0.2, 0.25) is 0 Å². The molecule has 1 heterocycles. The minimum atomic E-state index is -0.0962. The van der Waals surface area contributed by atoms with Crippen LogP contribution in [-0.4, -0.2) is 16.2 Å². The SMILES string of the molecule is COc1cc(Oc2ccc(-n3ccn(C)c3=O)cc2)ccc1Cl. The Kier molecular flexibility index (Phi) is 4.12. The van der Waals surface area contributed by atoms with Gasteiger partial charge in [-0.05, 0) is 36.4 Å². The fourth-order valence-corrected chi connectivity index (χ4v) is 2.37. The Balaban J connectivity index is 1.83. The molecular weight excluding hydrogens is 316 g/mol. The third-order valence-corrected chi connectivity index (χ3v) is 3.73. The van der Waals surface area contributed by atoms with E-state index in [9.17, 15) is 4.79 Å². The molecule has 0 radical (unpaired) electrons. The molecular formula is C17H15ClN2O3. The van der Waals surface area contributed by atoms with Crippen molar-refractivity contribution < 1.29 is 9.47 Å². The Labute approximate surface area is 138 Å². The lowest BCUT2D eigenvalue weighted by atomic mass is 10.3. The fraction of sp³-hybridized carbons (Fsp3) is 0.118. The third kappa shape index (κ3) is 3.10. The summed E-state index contributed by atoms with van der Waals surface area (Å²) in [5.74, 6) is 1.83. The van der Waals surface area contributed by atoms with E-state index in [1.54, 1.807) is 61.5 Å². The Bertz CT molecular complexity index is 882. The normalized spacial score (nSPS) is 10.6. The molecule has 0 atom stereocenters. The number of benzene rings is 2. The Morgan fingerprint density at radius 1 is 1.00 bits per heavy atom. The second kappa shape index (κ2) is 6.22. The first-order valence-electron chi connectivity index (χ1n) is 6.94. The van der Waals surface area contributed by atoms with Crippen molar-refractivity contribution in [3.05, 3.63) is 70.4 Å². The molecule has 2 aromatic carbocycles. The van der Waals surface area contributed by atoms with Gasteiger partial charge in [0.1, 0.15) is 17.2 Å². The van der Waals surface area contributed by atoms with E-state index < -0.39 is 0 Å². The van der Waals surface area contributed by atoms with Crippen LogP contribution in [0.4, 0.5) is 0 Å². The predicted octanol–water partition coefficient (Wildman–Crippen LogP) is 3.63. The van der Waals surface area contributed by atoms with Crippen LogP contribution in [0.2, 0.25) is 5.02 Å². The van der Waals surface area contributed by atoms with Crippen LogP contribution in [0.3, 0.4) is 0 Å². The summed E-state index contributed by atoms with van der Waals surface area (Å²) < 4.78 is 14.0. The molecule has 3 rings (SSSR count). The number of imidazole rings is 1. The van der Waals surface area contributed by atoms with Crippen LogP contribution in [0.15, 0.2) is 59.7 Å². The van der Waals surface area contributed by atoms with Gasteiger partial charge in [0.25, 0.3) is 0 Å². The molecule has 0 bridgehead atoms. The van der Waals surface area contributed by atoms with Crippen LogP contribution < -0.4 is 15.2 Å². The summed E-state index contributed by atoms with van der Waals surface area (Å²) in [6.45, 7) is 0. The maximum absolute atomic E-state index is 11.9. The van der Waals surface area contributed by atoms with Crippen molar-refractivity contribution in [2.45, 2.75) is 0 Å². The lowest BCUT2D eigenvalue weighted by molar-refractivity contribution is 0.409. The standard InChI is InChI=1S/C17H15ClN2O3/c1-19-9-10-20(17(19)21)12-3-5-13(6-4-12)23-14-7-8-15(18)16(11-14)22-2/h3-11H,1-2H3. The van der Waals surface area contributed by atoms with Gasteiger partial charge in [-0.25, -0.2) is 4.79 Å². The lowest BCUT2D eigenvalue weighted by Gasteiger charge is -2.09. The van der Waals surface area contributed by atoms with Gasteiger partial charge < -0.3 is 14.0 Å². The van der Waals surface area contributed by atoms with Crippen molar-refractivity contribution in [2.24, 2.45) is 7.05 Å². The number of aromatic nitrogens is 2. The molecule has 5 nitrogen and oxygen atoms in total. The number of hydrogen-bond donors (Lipinski definition) is 0. The van der Waals surface area contributed by atoms with Gasteiger partial charge in [-0.2, -0.15) is 0 Å². The topological polar surface area (TPSA) is 45.4 Å². The van der Waals surface area contributed by atoms with E-state index >= 15 is 0 Å². The highest BCUT2D eigenvalue weighted by Gasteiger charge is 2.06. The smallest absolute Gasteiger partial charge is 0.332 e. The average molecular weight is 331 g/mol. The second-order valence-corrected chi connectivity index (χ2v) is 5.36. The number of rotatable bonds is 4. The summed E-state index contributed by atoms with van der Waals surface area (Å²) in [5, 5.41) is 0.527. The van der Waals surface area contributed by atoms with Gasteiger partial charge in [-0.3, -0.25) is 4.57 Å². The second-order valence-electron chi connectivity index (χ2n) is 4.95. The largest absolute Gasteiger partial charge is 0.495 e. The fourth-order valence-electron chi connectivity index (χ4n) is 2.18. The molecule has 0 saturated carbocycles. The summed E-state index contributed by atoms with van der Waals surface area (Å²) in [5.41, 5.74) is 0.678. The van der Waals surface area contributed by atoms with Gasteiger partial charge in [0, 0.05) is 25.5 Å². The number of halogens is 1. The molecule has 0 aliphatic carbocycles. The molecule has 3 aromatic rings. The maximum Gasteiger partial charge on any atom is 0.332 e. The zero-order valence-corrected chi connectivity index (χ0v) is 13.4. The highest BCUT2D eigenvalue weighted by Crippen LogP contribution is 2.31. The van der Waals surface area contributed by atoms with Crippen molar-refractivity contribution in [3.8, 4) is 22.9 Å². The highest BCUT2D eigenvalue weighted by molar-refractivity contribution is 6.32. The molecule has 6 heteroatoms. The number of nitrogens with zero attached hydrogens (tertiary/aromatic N) is 2. The molecule has 0 aliphatic rings. The van der Waals surface area contributed by atoms with E-state index in [1.807, 2.05) is 12.1 Å². The van der Waals surface area contributed by atoms with E-state index in [4.69, 9.17) is 21.1 Å². The maximum atomic E-state index is 11.9. The number of aryl methyl sites for hydroxylation is 1. The number of ether oxygens (including phenoxy) is 2. The van der Waals surface area contributed by atoms with Gasteiger partial charge in [-0.15, -0.1) is 0 Å². The van der Waals surface area contributed by atoms with Crippen LogP contribution in [0.25, 0.3) is 5.69 Å². The zero-order chi connectivity index (χ0) is 16.4. The van der Waals surface area contributed by atoms with Gasteiger partial charge >= 0.3 is 5.69 Å². The Hall–Kier alpha value is -2.66. The quantitative estimate of drug-likeness (QED) is 0.733. The van der Waals surface area contributed by atoms with Crippen LogP contribution in [-0.2, 0) is 7.05 Å². The number of methoxy groups -OCH3 is 1. The van der Waals surface area contributed by atoms with Crippen molar-refractivity contribution in [3.63, 3.8) is 0 Å². The van der Waals surface area contributed by atoms with E-state index in [-0.39, 0.29) is 5.69 Å². The molecule has 0 fully saturated rings. The predicted molar refractivity (Wildman–Crippen MR) is 89.1 cm³/mol. The summed E-state index contributed by atoms with van der Waals surface area (Å²) in [7, 11) is 3.27. The van der Waals surface area contributed by atoms with Crippen LogP contribution in [0.1, 0.15) is 0 Å². The first kappa shape index (κ1) is 15.2. The van der Waals surface area contributed by atoms with E-state index in [1.165, 1.54) is 4.57 Å². The molecule has 0 saturated heterocycles. The minimum absolute atomic E-state index is 0.0962. The molecule has 0 aliphatic heterocycles. The molecule has 0 amide bonds. The van der Waals surface area contributed by atoms with Gasteiger partial charge in [0.05, 0.1) is 17.8 Å². The van der Waals surface area contributed by atoms with Gasteiger partial charge in [0.15, 0.2) is 0 Å². The summed E-state index contributed by atoms with van der Waals surface area (Å²) in [6, 6.07) is 12.4. The van der Waals surface area contributed by atoms with Crippen molar-refractivity contribution >= 4 is 11.6 Å². The third-order valence-electron chi connectivity index (χ3n) is 3.42. The van der Waals surface area contributed by atoms with Crippen molar-refractivity contribution in [1.82, 2.24) is 9.13 Å². The molecule has 118 valence electrons. The highest BCUT2D eigenvalue weighted by atomic mass is 35.5. The average Bonchev–Trinajstić information content (AvgIpc) is 2.89. The molecule has 1 aromatic heterocycles. The number of hydrogen-bond acceptors (Lipinski definition) is 3. The summed E-state index contributed by atoms with van der Waals surface area (Å²) >= 11 is 5.99. The van der Waals surface area contributed by atoms with Crippen LogP contribution in [0, 0.1) is 0 Å². The lowest BCUT2D eigenvalue weighted by Crippen LogP contribution is -2.20. The summed E-state index contributed by atoms with van der Waals surface area (Å²) in [4.78, 5) is 11.9. The Morgan fingerprint density at radius 2 is 1.70 bits per heavy atom. The molecule has 0 N–H and O–H groups in total. The zero-order valence-electron chi connectivity index (χ0n) is 12.7. The van der Waals surface area contributed by atoms with E-state index in [0.717, 1.165) is 5.69 Å². The summed E-state index contributed by atoms with van der Waals surface area (Å²) in [6.07, 6.45) is 3.44. The first-order valence-corrected chi connectivity index (χ1v) is 7.32. The molecule has 0 unspecified atom stereocenters. The minimum Gasteiger partial charge on any atom is -0.495 e. The van der Waals surface area contributed by atoms with Gasteiger partial charge in [-0.1, -0.05) is 11.6 Å². The van der Waals surface area contributed by atoms with Crippen molar-refractivity contribution in [2.75, 3.05) is 7.11 Å². The van der Waals surface area contributed by atoms with Crippen molar-refractivity contribution in [1.29, 1.82) is 0 Å². The van der Waals surface area contributed by atoms with E-state index in [2.05, 4.69) is 0 Å². The van der Waals surface area contributed by atoms with Crippen LogP contribution >= 0.6 is 11.6 Å². The monoisotopic (exact) mass is 330 g/mol.